The lowest BCUT2D eigenvalue weighted by atomic mass is 10.0. The minimum Gasteiger partial charge on any atom is -0.343 e. The van der Waals surface area contributed by atoms with Crippen LogP contribution in [0.2, 0.25) is 0 Å². The van der Waals surface area contributed by atoms with Crippen LogP contribution < -0.4 is 5.43 Å². The fraction of sp³-hybridized carbons (Fsp3) is 0.259. The molecule has 6 nitrogen and oxygen atoms in total. The van der Waals surface area contributed by atoms with Gasteiger partial charge in [0, 0.05) is 55.0 Å². The molecular formula is C27H28N4O2S. The molecule has 0 saturated heterocycles. The summed E-state index contributed by atoms with van der Waals surface area (Å²) >= 11 is 1.50. The number of carbonyl (C=O) groups is 1. The fourth-order valence-corrected chi connectivity index (χ4v) is 4.81. The Morgan fingerprint density at radius 1 is 1.06 bits per heavy atom. The van der Waals surface area contributed by atoms with Crippen LogP contribution in [-0.2, 0) is 19.4 Å². The molecule has 0 unspecified atom stereocenters. The van der Waals surface area contributed by atoms with Gasteiger partial charge in [-0.15, -0.1) is 11.3 Å². The molecule has 174 valence electrons. The first-order chi connectivity index (χ1) is 16.5. The Morgan fingerprint density at radius 2 is 1.79 bits per heavy atom. The number of aromatic nitrogens is 3. The van der Waals surface area contributed by atoms with Gasteiger partial charge in [-0.3, -0.25) is 14.6 Å². The first-order valence-electron chi connectivity index (χ1n) is 11.3. The van der Waals surface area contributed by atoms with Crippen LogP contribution in [0.25, 0.3) is 0 Å². The maximum Gasteiger partial charge on any atom is 0.259 e. The van der Waals surface area contributed by atoms with E-state index in [0.717, 1.165) is 33.9 Å². The van der Waals surface area contributed by atoms with E-state index in [-0.39, 0.29) is 22.9 Å². The molecule has 7 heteroatoms. The number of aryl methyl sites for hydroxylation is 2. The molecule has 34 heavy (non-hydrogen) atoms. The van der Waals surface area contributed by atoms with Crippen LogP contribution in [-0.4, -0.2) is 32.4 Å². The van der Waals surface area contributed by atoms with Crippen molar-refractivity contribution in [2.45, 2.75) is 39.3 Å². The molecular weight excluding hydrogens is 444 g/mol. The number of thiazole rings is 1. The lowest BCUT2D eigenvalue weighted by Crippen LogP contribution is -2.36. The first-order valence-corrected chi connectivity index (χ1v) is 12.2. The maximum absolute atomic E-state index is 13.7. The molecule has 1 amide bonds. The van der Waals surface area contributed by atoms with Gasteiger partial charge < -0.3 is 9.47 Å². The first kappa shape index (κ1) is 23.6. The Labute approximate surface area is 203 Å². The Morgan fingerprint density at radius 3 is 2.47 bits per heavy atom. The molecule has 1 atom stereocenters. The van der Waals surface area contributed by atoms with Gasteiger partial charge in [0.15, 0.2) is 5.43 Å². The number of benzene rings is 1. The van der Waals surface area contributed by atoms with Crippen LogP contribution in [0.5, 0.6) is 0 Å². The number of nitrogens with zero attached hydrogens (tertiary/aromatic N) is 4. The monoisotopic (exact) mass is 472 g/mol. The molecule has 3 heterocycles. The molecule has 1 aromatic carbocycles. The molecule has 4 rings (SSSR count). The van der Waals surface area contributed by atoms with Crippen molar-refractivity contribution < 1.29 is 4.79 Å². The van der Waals surface area contributed by atoms with Crippen LogP contribution in [0.15, 0.2) is 77.3 Å². The highest BCUT2D eigenvalue weighted by molar-refractivity contribution is 7.09. The third kappa shape index (κ3) is 5.15. The van der Waals surface area contributed by atoms with E-state index in [4.69, 9.17) is 0 Å². The van der Waals surface area contributed by atoms with Gasteiger partial charge in [-0.05, 0) is 49.9 Å². The maximum atomic E-state index is 13.7. The van der Waals surface area contributed by atoms with Gasteiger partial charge in [0.2, 0.25) is 0 Å². The lowest BCUT2D eigenvalue weighted by Gasteiger charge is -2.26. The summed E-state index contributed by atoms with van der Waals surface area (Å²) in [6, 6.07) is 15.4. The molecule has 3 aromatic heterocycles. The summed E-state index contributed by atoms with van der Waals surface area (Å²) in [5, 5.41) is 2.73. The van der Waals surface area contributed by atoms with Gasteiger partial charge >= 0.3 is 0 Å². The largest absolute Gasteiger partial charge is 0.343 e. The number of hydrogen-bond acceptors (Lipinski definition) is 5. The zero-order valence-electron chi connectivity index (χ0n) is 19.6. The van der Waals surface area contributed by atoms with Crippen molar-refractivity contribution >= 4 is 17.2 Å². The van der Waals surface area contributed by atoms with Gasteiger partial charge in [-0.1, -0.05) is 30.3 Å². The molecule has 0 bridgehead atoms. The van der Waals surface area contributed by atoms with E-state index in [1.165, 1.54) is 11.3 Å². The van der Waals surface area contributed by atoms with Crippen LogP contribution >= 0.6 is 11.3 Å². The average Bonchev–Trinajstić information content (AvgIpc) is 3.39. The number of hydrogen-bond donors (Lipinski definition) is 0. The predicted octanol–water partition coefficient (Wildman–Crippen LogP) is 4.67. The Hall–Kier alpha value is -3.58. The molecule has 0 N–H and O–H groups in total. The number of amides is 1. The van der Waals surface area contributed by atoms with E-state index >= 15 is 0 Å². The van der Waals surface area contributed by atoms with Crippen molar-refractivity contribution in [2.24, 2.45) is 0 Å². The standard InChI is InChI=1S/C27H28N4O2S/c1-19-17-24(32)25(27(33)30(3)20(2)26-29-15-16-34-26)23(10-9-21-7-5-4-6-8-21)31(19)18-22-11-13-28-14-12-22/h4-8,11-17,20H,9-10,18H2,1-3H3/t20-/m1/s1. The van der Waals surface area contributed by atoms with Gasteiger partial charge in [0.25, 0.3) is 5.91 Å². The minimum absolute atomic E-state index is 0.233. The zero-order chi connectivity index (χ0) is 24.1. The topological polar surface area (TPSA) is 68.1 Å². The summed E-state index contributed by atoms with van der Waals surface area (Å²) in [6.07, 6.45) is 6.55. The summed E-state index contributed by atoms with van der Waals surface area (Å²) in [4.78, 5) is 37.1. The van der Waals surface area contributed by atoms with Crippen molar-refractivity contribution in [2.75, 3.05) is 7.05 Å². The van der Waals surface area contributed by atoms with Gasteiger partial charge in [0.1, 0.15) is 10.6 Å². The van der Waals surface area contributed by atoms with E-state index in [2.05, 4.69) is 26.7 Å². The highest BCUT2D eigenvalue weighted by Crippen LogP contribution is 2.24. The summed E-state index contributed by atoms with van der Waals surface area (Å²) < 4.78 is 2.09. The predicted molar refractivity (Wildman–Crippen MR) is 135 cm³/mol. The van der Waals surface area contributed by atoms with Gasteiger partial charge in [-0.25, -0.2) is 4.98 Å². The molecule has 0 fully saturated rings. The average molecular weight is 473 g/mol. The van der Waals surface area contributed by atoms with E-state index in [0.29, 0.717) is 13.0 Å². The number of carbonyl (C=O) groups excluding carboxylic acids is 1. The third-order valence-corrected chi connectivity index (χ3v) is 7.08. The second-order valence-corrected chi connectivity index (χ2v) is 9.29. The van der Waals surface area contributed by atoms with E-state index in [1.54, 1.807) is 36.6 Å². The van der Waals surface area contributed by atoms with Crippen LogP contribution in [0, 0.1) is 6.92 Å². The molecule has 0 spiro atoms. The summed E-state index contributed by atoms with van der Waals surface area (Å²) in [7, 11) is 1.74. The highest BCUT2D eigenvalue weighted by Gasteiger charge is 2.27. The molecule has 0 radical (unpaired) electrons. The molecule has 0 aliphatic carbocycles. The van der Waals surface area contributed by atoms with Gasteiger partial charge in [-0.2, -0.15) is 0 Å². The van der Waals surface area contributed by atoms with E-state index in [1.807, 2.05) is 49.6 Å². The molecule has 0 saturated carbocycles. The number of rotatable bonds is 8. The van der Waals surface area contributed by atoms with E-state index in [9.17, 15) is 9.59 Å². The van der Waals surface area contributed by atoms with Crippen molar-refractivity contribution in [1.29, 1.82) is 0 Å². The number of pyridine rings is 2. The van der Waals surface area contributed by atoms with Crippen LogP contribution in [0.3, 0.4) is 0 Å². The Balaban J connectivity index is 1.77. The third-order valence-electron chi connectivity index (χ3n) is 6.13. The van der Waals surface area contributed by atoms with E-state index < -0.39 is 0 Å². The normalized spacial score (nSPS) is 11.9. The summed E-state index contributed by atoms with van der Waals surface area (Å²) in [5.41, 5.74) is 3.81. The SMILES string of the molecule is Cc1cc(=O)c(C(=O)N(C)[C@H](C)c2nccs2)c(CCc2ccccc2)n1Cc1ccncc1. The van der Waals surface area contributed by atoms with Gasteiger partial charge in [0.05, 0.1) is 6.04 Å². The Bertz CT molecular complexity index is 1300. The molecule has 4 aromatic rings. The molecule has 0 aliphatic heterocycles. The Kier molecular flexibility index (Phi) is 7.33. The lowest BCUT2D eigenvalue weighted by molar-refractivity contribution is 0.0738. The fourth-order valence-electron chi connectivity index (χ4n) is 4.08. The van der Waals surface area contributed by atoms with Crippen molar-refractivity contribution in [3.8, 4) is 0 Å². The second-order valence-electron chi connectivity index (χ2n) is 8.36. The minimum atomic E-state index is -0.278. The second kappa shape index (κ2) is 10.6. The summed E-state index contributed by atoms with van der Waals surface area (Å²) in [6.45, 7) is 4.42. The van der Waals surface area contributed by atoms with Crippen LogP contribution in [0.1, 0.15) is 50.8 Å². The smallest absolute Gasteiger partial charge is 0.259 e. The summed E-state index contributed by atoms with van der Waals surface area (Å²) in [5.74, 6) is -0.278. The quantitative estimate of drug-likeness (QED) is 0.374. The molecule has 0 aliphatic rings. The zero-order valence-corrected chi connectivity index (χ0v) is 20.5. The van der Waals surface area contributed by atoms with Crippen molar-refractivity contribution in [3.05, 3.63) is 116 Å². The van der Waals surface area contributed by atoms with Crippen molar-refractivity contribution in [3.63, 3.8) is 0 Å². The van der Waals surface area contributed by atoms with Crippen molar-refractivity contribution in [1.82, 2.24) is 19.4 Å². The highest BCUT2D eigenvalue weighted by atomic mass is 32.1. The van der Waals surface area contributed by atoms with Crippen LogP contribution in [0.4, 0.5) is 0 Å².